The summed E-state index contributed by atoms with van der Waals surface area (Å²) in [4.78, 5) is 8.41. The van der Waals surface area contributed by atoms with Gasteiger partial charge in [-0.25, -0.2) is 0 Å². The van der Waals surface area contributed by atoms with E-state index in [1.165, 1.54) is 16.7 Å². The van der Waals surface area contributed by atoms with E-state index in [0.29, 0.717) is 0 Å². The fraction of sp³-hybridized carbons (Fsp3) is 0.429. The van der Waals surface area contributed by atoms with Gasteiger partial charge in [-0.15, -0.1) is 0 Å². The molecule has 4 nitrogen and oxygen atoms in total. The number of aromatic nitrogens is 1. The van der Waals surface area contributed by atoms with Crippen molar-refractivity contribution in [2.75, 3.05) is 20.1 Å². The zero-order chi connectivity index (χ0) is 18.1. The highest BCUT2D eigenvalue weighted by molar-refractivity contribution is 5.79. The second-order valence-corrected chi connectivity index (χ2v) is 7.23. The van der Waals surface area contributed by atoms with Gasteiger partial charge in [-0.1, -0.05) is 51.1 Å². The van der Waals surface area contributed by atoms with Gasteiger partial charge in [0.15, 0.2) is 5.96 Å². The van der Waals surface area contributed by atoms with Gasteiger partial charge in [0.1, 0.15) is 0 Å². The van der Waals surface area contributed by atoms with Gasteiger partial charge >= 0.3 is 0 Å². The molecule has 0 saturated heterocycles. The summed E-state index contributed by atoms with van der Waals surface area (Å²) in [7, 11) is 1.80. The van der Waals surface area contributed by atoms with E-state index in [2.05, 4.69) is 71.7 Å². The van der Waals surface area contributed by atoms with Crippen LogP contribution in [0.3, 0.4) is 0 Å². The van der Waals surface area contributed by atoms with Crippen LogP contribution in [0.4, 0.5) is 0 Å². The molecule has 2 aromatic rings. The molecule has 25 heavy (non-hydrogen) atoms. The fourth-order valence-electron chi connectivity index (χ4n) is 2.59. The number of hydrogen-bond donors (Lipinski definition) is 2. The number of hydrogen-bond acceptors (Lipinski definition) is 2. The van der Waals surface area contributed by atoms with Crippen LogP contribution in [0.25, 0.3) is 0 Å². The summed E-state index contributed by atoms with van der Waals surface area (Å²) < 4.78 is 0. The van der Waals surface area contributed by atoms with Crippen LogP contribution in [-0.4, -0.2) is 31.1 Å². The minimum Gasteiger partial charge on any atom is -0.356 e. The highest BCUT2D eigenvalue weighted by Gasteiger charge is 2.12. The molecule has 0 aliphatic rings. The predicted molar refractivity (Wildman–Crippen MR) is 106 cm³/mol. The summed E-state index contributed by atoms with van der Waals surface area (Å²) in [6, 6.07) is 13.0. The number of nitrogens with one attached hydrogen (secondary N) is 2. The van der Waals surface area contributed by atoms with E-state index < -0.39 is 0 Å². The third kappa shape index (κ3) is 6.57. The second kappa shape index (κ2) is 9.21. The van der Waals surface area contributed by atoms with Gasteiger partial charge < -0.3 is 10.6 Å². The topological polar surface area (TPSA) is 49.3 Å². The molecule has 134 valence electrons. The molecule has 0 aliphatic carbocycles. The van der Waals surface area contributed by atoms with Crippen molar-refractivity contribution < 1.29 is 0 Å². The maximum Gasteiger partial charge on any atom is 0.190 e. The van der Waals surface area contributed by atoms with Gasteiger partial charge in [0.2, 0.25) is 0 Å². The van der Waals surface area contributed by atoms with Gasteiger partial charge in [-0.05, 0) is 41.0 Å². The molecule has 0 spiro atoms. The first-order valence-electron chi connectivity index (χ1n) is 8.92. The van der Waals surface area contributed by atoms with Crippen LogP contribution in [0.1, 0.15) is 37.5 Å². The third-order valence-electron chi connectivity index (χ3n) is 4.18. The van der Waals surface area contributed by atoms with E-state index in [1.54, 1.807) is 13.2 Å². The van der Waals surface area contributed by atoms with Crippen LogP contribution in [0.2, 0.25) is 0 Å². The van der Waals surface area contributed by atoms with Crippen molar-refractivity contribution in [3.8, 4) is 0 Å². The Balaban J connectivity index is 1.72. The molecule has 4 heteroatoms. The van der Waals surface area contributed by atoms with E-state index in [-0.39, 0.29) is 5.41 Å². The molecule has 1 heterocycles. The van der Waals surface area contributed by atoms with E-state index in [9.17, 15) is 0 Å². The highest BCUT2D eigenvalue weighted by Crippen LogP contribution is 2.22. The van der Waals surface area contributed by atoms with Crippen molar-refractivity contribution in [2.24, 2.45) is 4.99 Å². The predicted octanol–water partition coefficient (Wildman–Crippen LogP) is 3.33. The summed E-state index contributed by atoms with van der Waals surface area (Å²) in [6.45, 7) is 8.42. The van der Waals surface area contributed by atoms with Crippen molar-refractivity contribution in [2.45, 2.75) is 39.0 Å². The molecule has 2 N–H and O–H groups in total. The lowest BCUT2D eigenvalue weighted by molar-refractivity contribution is 0.590. The van der Waals surface area contributed by atoms with Crippen molar-refractivity contribution >= 4 is 5.96 Å². The molecule has 0 amide bonds. The van der Waals surface area contributed by atoms with Gasteiger partial charge in [0.05, 0.1) is 0 Å². The number of pyridine rings is 1. The largest absolute Gasteiger partial charge is 0.356 e. The van der Waals surface area contributed by atoms with E-state index in [0.717, 1.165) is 31.9 Å². The van der Waals surface area contributed by atoms with Crippen LogP contribution in [0, 0.1) is 0 Å². The Bertz CT molecular complexity index is 655. The molecule has 0 radical (unpaired) electrons. The normalized spacial score (nSPS) is 12.1. The quantitative estimate of drug-likeness (QED) is 0.627. The van der Waals surface area contributed by atoms with Crippen LogP contribution >= 0.6 is 0 Å². The van der Waals surface area contributed by atoms with E-state index in [4.69, 9.17) is 0 Å². The number of nitrogens with zero attached hydrogens (tertiary/aromatic N) is 2. The fourth-order valence-corrected chi connectivity index (χ4v) is 2.59. The molecule has 0 saturated carbocycles. The van der Waals surface area contributed by atoms with Gasteiger partial charge in [-0.3, -0.25) is 9.98 Å². The molecule has 0 bridgehead atoms. The SMILES string of the molecule is CN=C(NCCc1ccc(C(C)(C)C)cc1)NCCc1cccnc1. The Hall–Kier alpha value is -2.36. The summed E-state index contributed by atoms with van der Waals surface area (Å²) >= 11 is 0. The minimum absolute atomic E-state index is 0.205. The van der Waals surface area contributed by atoms with Crippen molar-refractivity contribution in [3.05, 3.63) is 65.5 Å². The average Bonchev–Trinajstić information content (AvgIpc) is 2.61. The summed E-state index contributed by atoms with van der Waals surface area (Å²) in [5.41, 5.74) is 4.14. The Morgan fingerprint density at radius 3 is 2.12 bits per heavy atom. The molecule has 0 atom stereocenters. The van der Waals surface area contributed by atoms with Crippen LogP contribution in [-0.2, 0) is 18.3 Å². The molecule has 0 unspecified atom stereocenters. The number of rotatable bonds is 6. The molecule has 1 aromatic carbocycles. The molecular formula is C21H30N4. The van der Waals surface area contributed by atoms with Gasteiger partial charge in [0, 0.05) is 32.5 Å². The lowest BCUT2D eigenvalue weighted by Gasteiger charge is -2.19. The first kappa shape index (κ1) is 19.0. The molecular weight excluding hydrogens is 308 g/mol. The summed E-state index contributed by atoms with van der Waals surface area (Å²) in [6.07, 6.45) is 5.61. The number of guanidine groups is 1. The first-order chi connectivity index (χ1) is 12.0. The first-order valence-corrected chi connectivity index (χ1v) is 8.92. The number of benzene rings is 1. The van der Waals surface area contributed by atoms with Gasteiger partial charge in [-0.2, -0.15) is 0 Å². The summed E-state index contributed by atoms with van der Waals surface area (Å²) in [5.74, 6) is 0.843. The molecule has 0 aliphatic heterocycles. The van der Waals surface area contributed by atoms with Gasteiger partial charge in [0.25, 0.3) is 0 Å². The van der Waals surface area contributed by atoms with Crippen molar-refractivity contribution in [3.63, 3.8) is 0 Å². The Morgan fingerprint density at radius 1 is 0.960 bits per heavy atom. The number of aliphatic imine (C=N–C) groups is 1. The van der Waals surface area contributed by atoms with Crippen LogP contribution in [0.15, 0.2) is 53.8 Å². The van der Waals surface area contributed by atoms with E-state index in [1.807, 2.05) is 12.3 Å². The lowest BCUT2D eigenvalue weighted by atomic mass is 9.86. The highest BCUT2D eigenvalue weighted by atomic mass is 15.2. The Labute approximate surface area is 151 Å². The van der Waals surface area contributed by atoms with Crippen LogP contribution < -0.4 is 10.6 Å². The lowest BCUT2D eigenvalue weighted by Crippen LogP contribution is -2.39. The molecule has 2 rings (SSSR count). The van der Waals surface area contributed by atoms with E-state index >= 15 is 0 Å². The Kier molecular flexibility index (Phi) is 6.99. The molecule has 0 fully saturated rings. The third-order valence-corrected chi connectivity index (χ3v) is 4.18. The summed E-state index contributed by atoms with van der Waals surface area (Å²) in [5, 5.41) is 6.72. The maximum atomic E-state index is 4.28. The Morgan fingerprint density at radius 2 is 1.60 bits per heavy atom. The average molecular weight is 338 g/mol. The van der Waals surface area contributed by atoms with Crippen LogP contribution in [0.5, 0.6) is 0 Å². The standard InChI is InChI=1S/C21H30N4/c1-21(2,3)19-9-7-17(8-10-19)11-14-24-20(22-4)25-15-12-18-6-5-13-23-16-18/h5-10,13,16H,11-12,14-15H2,1-4H3,(H2,22,24,25). The van der Waals surface area contributed by atoms with Crippen molar-refractivity contribution in [1.29, 1.82) is 0 Å². The monoisotopic (exact) mass is 338 g/mol. The smallest absolute Gasteiger partial charge is 0.190 e. The maximum absolute atomic E-state index is 4.28. The molecule has 1 aromatic heterocycles. The zero-order valence-corrected chi connectivity index (χ0v) is 15.8. The second-order valence-electron chi connectivity index (χ2n) is 7.23. The minimum atomic E-state index is 0.205. The van der Waals surface area contributed by atoms with Crippen molar-refractivity contribution in [1.82, 2.24) is 15.6 Å². The zero-order valence-electron chi connectivity index (χ0n) is 15.8.